The fourth-order valence-corrected chi connectivity index (χ4v) is 5.48. The number of fused-ring (bicyclic) bond motifs is 2. The summed E-state index contributed by atoms with van der Waals surface area (Å²) < 4.78 is 44.8. The van der Waals surface area contributed by atoms with E-state index in [0.717, 1.165) is 0 Å². The first kappa shape index (κ1) is 32.0. The Kier molecular flexibility index (Phi) is 8.61. The first-order valence-electron chi connectivity index (χ1n) is 14.1. The lowest BCUT2D eigenvalue weighted by Gasteiger charge is -2.45. The number of hydrogen-bond donors (Lipinski definition) is 8. The van der Waals surface area contributed by atoms with E-state index in [2.05, 4.69) is 0 Å². The van der Waals surface area contributed by atoms with Crippen LogP contribution in [0.15, 0.2) is 33.5 Å². The molecule has 4 heterocycles. The number of ether oxygens (including phenoxy) is 7. The van der Waals surface area contributed by atoms with E-state index in [4.69, 9.17) is 37.6 Å². The SMILES string of the molecule is COc1cc(-c2oc3cc4c(c(O)c3c(=O)c2O[C@@H]2O[C@H](CO)[C@@H](O)[C@H](O)[C@H]2O[C@@H]2O[C@@H](C)[C@H](O)[C@@H](O)[C@H]2O)OCO4)ccc1O. The molecule has 8 N–H and O–H groups in total. The number of benzene rings is 2. The second kappa shape index (κ2) is 12.4. The molecule has 2 fully saturated rings. The predicted molar refractivity (Wildman–Crippen MR) is 150 cm³/mol. The van der Waals surface area contributed by atoms with E-state index >= 15 is 0 Å². The van der Waals surface area contributed by atoms with Crippen molar-refractivity contribution in [1.82, 2.24) is 0 Å². The van der Waals surface area contributed by atoms with E-state index < -0.39 is 90.3 Å². The zero-order valence-corrected chi connectivity index (χ0v) is 24.2. The maximum Gasteiger partial charge on any atom is 0.239 e. The fraction of sp³-hybridized carbons (Fsp3) is 0.483. The van der Waals surface area contributed by atoms with Gasteiger partial charge in [0.15, 0.2) is 41.2 Å². The van der Waals surface area contributed by atoms with E-state index in [9.17, 15) is 45.6 Å². The summed E-state index contributed by atoms with van der Waals surface area (Å²) in [5.41, 5.74) is -0.989. The highest BCUT2D eigenvalue weighted by Crippen LogP contribution is 2.47. The predicted octanol–water partition coefficient (Wildman–Crippen LogP) is -1.36. The van der Waals surface area contributed by atoms with Gasteiger partial charge in [0.2, 0.25) is 30.0 Å². The van der Waals surface area contributed by atoms with Crippen molar-refractivity contribution in [2.75, 3.05) is 20.5 Å². The van der Waals surface area contributed by atoms with Gasteiger partial charge in [-0.15, -0.1) is 0 Å². The number of phenolic OH excluding ortho intramolecular Hbond substituents is 2. The van der Waals surface area contributed by atoms with Gasteiger partial charge >= 0.3 is 0 Å². The van der Waals surface area contributed by atoms with Gasteiger partial charge in [0.25, 0.3) is 0 Å². The minimum atomic E-state index is -1.89. The van der Waals surface area contributed by atoms with Crippen molar-refractivity contribution in [1.29, 1.82) is 0 Å². The Balaban J connectivity index is 1.48. The summed E-state index contributed by atoms with van der Waals surface area (Å²) in [4.78, 5) is 14.1. The second-order valence-corrected chi connectivity index (χ2v) is 10.9. The molecule has 0 bridgehead atoms. The molecule has 3 aliphatic rings. The smallest absolute Gasteiger partial charge is 0.239 e. The van der Waals surface area contributed by atoms with E-state index in [1.807, 2.05) is 0 Å². The summed E-state index contributed by atoms with van der Waals surface area (Å²) in [5.74, 6) is -1.81. The van der Waals surface area contributed by atoms with Crippen LogP contribution in [0.3, 0.4) is 0 Å². The Morgan fingerprint density at radius 3 is 2.39 bits per heavy atom. The van der Waals surface area contributed by atoms with Crippen LogP contribution in [0.4, 0.5) is 0 Å². The van der Waals surface area contributed by atoms with E-state index in [1.165, 1.54) is 38.3 Å². The third-order valence-electron chi connectivity index (χ3n) is 8.05. The largest absolute Gasteiger partial charge is 0.504 e. The van der Waals surface area contributed by atoms with Gasteiger partial charge in [-0.25, -0.2) is 0 Å². The van der Waals surface area contributed by atoms with Crippen molar-refractivity contribution >= 4 is 11.0 Å². The molecular formula is C29H32O17. The molecule has 2 aromatic carbocycles. The lowest BCUT2D eigenvalue weighted by Crippen LogP contribution is -2.64. The number of phenols is 2. The standard InChI is InChI=1S/C29H32O17/c1-9-17(32)21(36)23(38)28(42-9)46-27-22(37)18(33)15(7-30)44-29(27)45-26-20(35)16-13(6-14-25(19(16)34)41-8-40-14)43-24(26)10-3-4-11(31)12(5-10)39-2/h3-6,9,15,17-18,21-23,27-34,36-38H,7-8H2,1-2H3/t9-,15+,17-,18+,21+,22-,23+,27+,28-,29-/m0/s1. The van der Waals surface area contributed by atoms with Crippen LogP contribution in [0.5, 0.6) is 34.5 Å². The molecule has 10 atom stereocenters. The van der Waals surface area contributed by atoms with E-state index in [1.54, 1.807) is 0 Å². The Bertz CT molecular complexity index is 1660. The lowest BCUT2D eigenvalue weighted by atomic mass is 9.97. The van der Waals surface area contributed by atoms with Crippen molar-refractivity contribution in [3.8, 4) is 45.8 Å². The molecule has 3 aromatic rings. The average molecular weight is 653 g/mol. The molecule has 2 saturated heterocycles. The summed E-state index contributed by atoms with van der Waals surface area (Å²) in [6, 6.07) is 5.27. The van der Waals surface area contributed by atoms with Crippen LogP contribution in [0.1, 0.15) is 6.92 Å². The molecule has 17 nitrogen and oxygen atoms in total. The highest BCUT2D eigenvalue weighted by atomic mass is 16.8. The highest BCUT2D eigenvalue weighted by molar-refractivity contribution is 5.91. The second-order valence-electron chi connectivity index (χ2n) is 10.9. The van der Waals surface area contributed by atoms with Crippen LogP contribution in [0.2, 0.25) is 0 Å². The van der Waals surface area contributed by atoms with Crippen molar-refractivity contribution in [3.05, 3.63) is 34.5 Å². The normalized spacial score (nSPS) is 32.4. The van der Waals surface area contributed by atoms with Gasteiger partial charge in [0.1, 0.15) is 47.6 Å². The van der Waals surface area contributed by atoms with Crippen molar-refractivity contribution in [2.45, 2.75) is 68.3 Å². The van der Waals surface area contributed by atoms with Gasteiger partial charge in [-0.1, -0.05) is 0 Å². The van der Waals surface area contributed by atoms with Gasteiger partial charge in [-0.2, -0.15) is 0 Å². The Morgan fingerprint density at radius 2 is 1.67 bits per heavy atom. The number of hydrogen-bond acceptors (Lipinski definition) is 17. The maximum absolute atomic E-state index is 14.1. The molecule has 46 heavy (non-hydrogen) atoms. The molecule has 0 spiro atoms. The van der Waals surface area contributed by atoms with E-state index in [0.29, 0.717) is 0 Å². The Morgan fingerprint density at radius 1 is 0.913 bits per heavy atom. The molecule has 0 radical (unpaired) electrons. The van der Waals surface area contributed by atoms with Crippen molar-refractivity contribution in [2.24, 2.45) is 0 Å². The molecule has 6 rings (SSSR count). The van der Waals surface area contributed by atoms with Gasteiger partial charge in [0.05, 0.1) is 19.8 Å². The first-order valence-corrected chi connectivity index (χ1v) is 14.1. The van der Waals surface area contributed by atoms with Gasteiger partial charge in [-0.05, 0) is 25.1 Å². The van der Waals surface area contributed by atoms with Crippen LogP contribution in [-0.2, 0) is 14.2 Å². The molecule has 3 aliphatic heterocycles. The quantitative estimate of drug-likeness (QED) is 0.147. The summed E-state index contributed by atoms with van der Waals surface area (Å²) >= 11 is 0. The molecular weight excluding hydrogens is 620 g/mol. The lowest BCUT2D eigenvalue weighted by molar-refractivity contribution is -0.354. The van der Waals surface area contributed by atoms with Gasteiger partial charge in [-0.3, -0.25) is 4.79 Å². The van der Waals surface area contributed by atoms with E-state index in [-0.39, 0.29) is 46.7 Å². The number of methoxy groups -OCH3 is 1. The van der Waals surface area contributed by atoms with Crippen LogP contribution >= 0.6 is 0 Å². The number of aliphatic hydroxyl groups is 6. The summed E-state index contributed by atoms with van der Waals surface area (Å²) in [6.07, 6.45) is -16.5. The number of aliphatic hydroxyl groups excluding tert-OH is 6. The molecule has 0 aliphatic carbocycles. The zero-order valence-electron chi connectivity index (χ0n) is 24.2. The molecule has 250 valence electrons. The minimum Gasteiger partial charge on any atom is -0.504 e. The molecule has 0 unspecified atom stereocenters. The summed E-state index contributed by atoms with van der Waals surface area (Å²) in [5, 5.41) is 83.2. The number of rotatable bonds is 7. The zero-order chi connectivity index (χ0) is 33.0. The number of aromatic hydroxyl groups is 2. The monoisotopic (exact) mass is 652 g/mol. The Labute approximate surface area is 258 Å². The van der Waals surface area contributed by atoms with Crippen LogP contribution in [0.25, 0.3) is 22.3 Å². The third-order valence-corrected chi connectivity index (χ3v) is 8.05. The van der Waals surface area contributed by atoms with Gasteiger partial charge in [0, 0.05) is 11.6 Å². The summed E-state index contributed by atoms with van der Waals surface area (Å²) in [7, 11) is 1.30. The maximum atomic E-state index is 14.1. The third kappa shape index (κ3) is 5.34. The average Bonchev–Trinajstić information content (AvgIpc) is 3.52. The molecule has 17 heteroatoms. The fourth-order valence-electron chi connectivity index (χ4n) is 5.48. The first-order chi connectivity index (χ1) is 21.9. The highest BCUT2D eigenvalue weighted by Gasteiger charge is 2.51. The van der Waals surface area contributed by atoms with Crippen molar-refractivity contribution in [3.63, 3.8) is 0 Å². The van der Waals surface area contributed by atoms with Crippen LogP contribution < -0.4 is 24.4 Å². The molecule has 0 amide bonds. The van der Waals surface area contributed by atoms with Crippen LogP contribution in [0, 0.1) is 0 Å². The minimum absolute atomic E-state index is 0.00737. The summed E-state index contributed by atoms with van der Waals surface area (Å²) in [6.45, 7) is 0.342. The topological polar surface area (TPSA) is 257 Å². The molecule has 0 saturated carbocycles. The Hall–Kier alpha value is -3.91. The van der Waals surface area contributed by atoms with Crippen molar-refractivity contribution < 1.29 is 78.4 Å². The van der Waals surface area contributed by atoms with Gasteiger partial charge < -0.3 is 78.4 Å². The van der Waals surface area contributed by atoms with Crippen LogP contribution in [-0.4, -0.2) is 123 Å². The molecule has 1 aromatic heterocycles.